The molecule has 0 aliphatic rings. The van der Waals surface area contributed by atoms with Gasteiger partial charge >= 0.3 is 0 Å². The number of aryl methyl sites for hydroxylation is 1. The van der Waals surface area contributed by atoms with E-state index in [-0.39, 0.29) is 0 Å². The minimum atomic E-state index is 0.784. The van der Waals surface area contributed by atoms with Gasteiger partial charge in [-0.25, -0.2) is 0 Å². The van der Waals surface area contributed by atoms with Crippen LogP contribution in [-0.4, -0.2) is 0 Å². The molecule has 0 saturated carbocycles. The van der Waals surface area contributed by atoms with Crippen molar-refractivity contribution in [3.63, 3.8) is 0 Å². The van der Waals surface area contributed by atoms with E-state index in [1.165, 1.54) is 11.1 Å². The fraction of sp³-hybridized carbons (Fsp3) is 0.143. The highest BCUT2D eigenvalue weighted by Crippen LogP contribution is 2.23. The normalized spacial score (nSPS) is 10.1. The summed E-state index contributed by atoms with van der Waals surface area (Å²) in [7, 11) is 0. The Labute approximate surface area is 96.1 Å². The Kier molecular flexibility index (Phi) is 2.82. The lowest BCUT2D eigenvalue weighted by Crippen LogP contribution is -1.95. The van der Waals surface area contributed by atoms with Crippen molar-refractivity contribution >= 4 is 17.1 Å². The van der Waals surface area contributed by atoms with Crippen molar-refractivity contribution in [1.82, 2.24) is 0 Å². The van der Waals surface area contributed by atoms with Gasteiger partial charge in [-0.15, -0.1) is 0 Å². The van der Waals surface area contributed by atoms with E-state index < -0.39 is 0 Å². The third-order valence-corrected chi connectivity index (χ3v) is 2.79. The van der Waals surface area contributed by atoms with Crippen LogP contribution in [0.15, 0.2) is 42.5 Å². The summed E-state index contributed by atoms with van der Waals surface area (Å²) in [6.07, 6.45) is 0. The Morgan fingerprint density at radius 1 is 0.938 bits per heavy atom. The summed E-state index contributed by atoms with van der Waals surface area (Å²) in [6, 6.07) is 14.0. The van der Waals surface area contributed by atoms with Crippen molar-refractivity contribution in [2.75, 3.05) is 11.1 Å². The molecule has 0 heterocycles. The molecule has 2 heteroatoms. The van der Waals surface area contributed by atoms with Crippen molar-refractivity contribution in [2.24, 2.45) is 0 Å². The maximum absolute atomic E-state index is 5.65. The van der Waals surface area contributed by atoms with Crippen LogP contribution in [0, 0.1) is 13.8 Å². The molecule has 0 bridgehead atoms. The molecule has 0 aromatic heterocycles. The average molecular weight is 212 g/mol. The topological polar surface area (TPSA) is 38.0 Å². The van der Waals surface area contributed by atoms with E-state index >= 15 is 0 Å². The lowest BCUT2D eigenvalue weighted by atomic mass is 10.1. The lowest BCUT2D eigenvalue weighted by molar-refractivity contribution is 1.33. The largest absolute Gasteiger partial charge is 0.399 e. The Hall–Kier alpha value is -1.96. The van der Waals surface area contributed by atoms with Crippen molar-refractivity contribution in [3.8, 4) is 0 Å². The number of nitrogen functional groups attached to an aromatic ring is 1. The zero-order valence-corrected chi connectivity index (χ0v) is 9.62. The highest BCUT2D eigenvalue weighted by molar-refractivity contribution is 5.65. The second kappa shape index (κ2) is 4.27. The standard InChI is InChI=1S/C14H16N2/c1-10-4-3-5-14(11(10)2)16-13-8-6-12(15)7-9-13/h3-9,16H,15H2,1-2H3. The van der Waals surface area contributed by atoms with Crippen LogP contribution in [0.4, 0.5) is 17.1 Å². The molecule has 0 unspecified atom stereocenters. The van der Waals surface area contributed by atoms with Crippen LogP contribution in [0.1, 0.15) is 11.1 Å². The number of rotatable bonds is 2. The second-order valence-corrected chi connectivity index (χ2v) is 3.99. The van der Waals surface area contributed by atoms with Crippen LogP contribution in [0.25, 0.3) is 0 Å². The minimum absolute atomic E-state index is 0.784. The van der Waals surface area contributed by atoms with Gasteiger partial charge in [0.15, 0.2) is 0 Å². The molecule has 2 rings (SSSR count). The van der Waals surface area contributed by atoms with Crippen LogP contribution in [0.5, 0.6) is 0 Å². The molecular formula is C14H16N2. The van der Waals surface area contributed by atoms with Crippen LogP contribution in [0.2, 0.25) is 0 Å². The van der Waals surface area contributed by atoms with E-state index in [9.17, 15) is 0 Å². The predicted molar refractivity (Wildman–Crippen MR) is 70.1 cm³/mol. The molecule has 0 aliphatic heterocycles. The lowest BCUT2D eigenvalue weighted by Gasteiger charge is -2.11. The van der Waals surface area contributed by atoms with Crippen molar-refractivity contribution in [1.29, 1.82) is 0 Å². The van der Waals surface area contributed by atoms with Gasteiger partial charge < -0.3 is 11.1 Å². The summed E-state index contributed by atoms with van der Waals surface area (Å²) in [5.41, 5.74) is 11.2. The number of anilines is 3. The Morgan fingerprint density at radius 2 is 1.62 bits per heavy atom. The molecule has 3 N–H and O–H groups in total. The summed E-state index contributed by atoms with van der Waals surface area (Å²) in [6.45, 7) is 4.23. The fourth-order valence-corrected chi connectivity index (χ4v) is 1.61. The van der Waals surface area contributed by atoms with Gasteiger partial charge in [0.1, 0.15) is 0 Å². The SMILES string of the molecule is Cc1cccc(Nc2ccc(N)cc2)c1C. The molecule has 2 nitrogen and oxygen atoms in total. The molecule has 0 amide bonds. The maximum Gasteiger partial charge on any atom is 0.0416 e. The third-order valence-electron chi connectivity index (χ3n) is 2.79. The van der Waals surface area contributed by atoms with E-state index in [0.717, 1.165) is 17.1 Å². The van der Waals surface area contributed by atoms with Gasteiger partial charge in [-0.2, -0.15) is 0 Å². The summed E-state index contributed by atoms with van der Waals surface area (Å²) >= 11 is 0. The third kappa shape index (κ3) is 2.16. The van der Waals surface area contributed by atoms with E-state index in [1.54, 1.807) is 0 Å². The Morgan fingerprint density at radius 3 is 2.31 bits per heavy atom. The van der Waals surface area contributed by atoms with Crippen LogP contribution in [0.3, 0.4) is 0 Å². The Bertz CT molecular complexity index is 487. The first-order chi connectivity index (χ1) is 7.66. The molecule has 0 radical (unpaired) electrons. The van der Waals surface area contributed by atoms with E-state index in [0.29, 0.717) is 0 Å². The molecule has 0 aliphatic carbocycles. The van der Waals surface area contributed by atoms with E-state index in [1.807, 2.05) is 24.3 Å². The average Bonchev–Trinajstić information content (AvgIpc) is 2.28. The van der Waals surface area contributed by atoms with Gasteiger partial charge in [-0.1, -0.05) is 12.1 Å². The summed E-state index contributed by atoms with van der Waals surface area (Å²) < 4.78 is 0. The van der Waals surface area contributed by atoms with Gasteiger partial charge in [0.2, 0.25) is 0 Å². The number of benzene rings is 2. The number of nitrogens with two attached hydrogens (primary N) is 1. The summed E-state index contributed by atoms with van der Waals surface area (Å²) in [5.74, 6) is 0. The summed E-state index contributed by atoms with van der Waals surface area (Å²) in [4.78, 5) is 0. The quantitative estimate of drug-likeness (QED) is 0.746. The number of hydrogen-bond donors (Lipinski definition) is 2. The first-order valence-corrected chi connectivity index (χ1v) is 5.35. The highest BCUT2D eigenvalue weighted by atomic mass is 14.9. The zero-order valence-electron chi connectivity index (χ0n) is 9.62. The monoisotopic (exact) mass is 212 g/mol. The van der Waals surface area contributed by atoms with Gasteiger partial charge in [0, 0.05) is 17.1 Å². The first kappa shape index (κ1) is 10.6. The van der Waals surface area contributed by atoms with Crippen molar-refractivity contribution in [3.05, 3.63) is 53.6 Å². The van der Waals surface area contributed by atoms with Gasteiger partial charge in [-0.3, -0.25) is 0 Å². The molecule has 2 aromatic rings. The molecular weight excluding hydrogens is 196 g/mol. The molecule has 0 saturated heterocycles. The molecule has 2 aromatic carbocycles. The highest BCUT2D eigenvalue weighted by Gasteiger charge is 2.00. The Balaban J connectivity index is 2.27. The molecule has 0 fully saturated rings. The first-order valence-electron chi connectivity index (χ1n) is 5.35. The smallest absolute Gasteiger partial charge is 0.0416 e. The van der Waals surface area contributed by atoms with Crippen LogP contribution in [-0.2, 0) is 0 Å². The second-order valence-electron chi connectivity index (χ2n) is 3.99. The van der Waals surface area contributed by atoms with E-state index in [2.05, 4.69) is 37.4 Å². The maximum atomic E-state index is 5.65. The summed E-state index contributed by atoms with van der Waals surface area (Å²) in [5, 5.41) is 3.38. The van der Waals surface area contributed by atoms with Gasteiger partial charge in [0.25, 0.3) is 0 Å². The molecule has 0 atom stereocenters. The van der Waals surface area contributed by atoms with Crippen molar-refractivity contribution < 1.29 is 0 Å². The molecule has 82 valence electrons. The fourth-order valence-electron chi connectivity index (χ4n) is 1.61. The van der Waals surface area contributed by atoms with Gasteiger partial charge in [0.05, 0.1) is 0 Å². The van der Waals surface area contributed by atoms with E-state index in [4.69, 9.17) is 5.73 Å². The zero-order chi connectivity index (χ0) is 11.5. The van der Waals surface area contributed by atoms with Crippen LogP contribution < -0.4 is 11.1 Å². The van der Waals surface area contributed by atoms with Crippen molar-refractivity contribution in [2.45, 2.75) is 13.8 Å². The van der Waals surface area contributed by atoms with Gasteiger partial charge in [-0.05, 0) is 55.3 Å². The minimum Gasteiger partial charge on any atom is -0.399 e. The number of nitrogens with one attached hydrogen (secondary N) is 1. The number of hydrogen-bond acceptors (Lipinski definition) is 2. The predicted octanol–water partition coefficient (Wildman–Crippen LogP) is 3.63. The molecule has 16 heavy (non-hydrogen) atoms. The van der Waals surface area contributed by atoms with Crippen LogP contribution >= 0.6 is 0 Å². The molecule has 0 spiro atoms.